The molecule has 0 unspecified atom stereocenters. The number of ether oxygens (including phenoxy) is 1. The summed E-state index contributed by atoms with van der Waals surface area (Å²) in [6.45, 7) is 7.59. The second-order valence-corrected chi connectivity index (χ2v) is 5.45. The Morgan fingerprint density at radius 2 is 2.33 bits per heavy atom. The molecule has 0 aliphatic carbocycles. The largest absolute Gasteiger partial charge is 0.468 e. The van der Waals surface area contributed by atoms with E-state index in [2.05, 4.69) is 5.32 Å². The average molecular weight is 252 g/mol. The highest BCUT2D eigenvalue weighted by Crippen LogP contribution is 2.19. The van der Waals surface area contributed by atoms with Gasteiger partial charge in [-0.1, -0.05) is 0 Å². The first kappa shape index (κ1) is 13.0. The van der Waals surface area contributed by atoms with Gasteiger partial charge in [-0.15, -0.1) is 0 Å². The molecule has 2 heterocycles. The molecule has 0 bridgehead atoms. The molecule has 5 heteroatoms. The van der Waals surface area contributed by atoms with Crippen LogP contribution in [0, 0.1) is 0 Å². The van der Waals surface area contributed by atoms with Crippen molar-refractivity contribution in [1.82, 2.24) is 10.2 Å². The van der Waals surface area contributed by atoms with Gasteiger partial charge in [0.05, 0.1) is 12.3 Å². The first-order valence-corrected chi connectivity index (χ1v) is 6.20. The van der Waals surface area contributed by atoms with E-state index in [1.165, 1.54) is 0 Å². The number of rotatable bonds is 1. The standard InChI is InChI=1S/C13H20N2O3/c1-13(2,3)18-12(16)15-7-6-14-10(9-15)11-5-4-8-17-11/h4-5,8,10,14H,6-7,9H2,1-3H3/t10-/m0/s1. The average Bonchev–Trinajstić information content (AvgIpc) is 2.80. The van der Waals surface area contributed by atoms with Crippen LogP contribution in [0.3, 0.4) is 0 Å². The van der Waals surface area contributed by atoms with Gasteiger partial charge in [0, 0.05) is 19.6 Å². The maximum atomic E-state index is 12.0. The highest BCUT2D eigenvalue weighted by molar-refractivity contribution is 5.68. The summed E-state index contributed by atoms with van der Waals surface area (Å²) in [7, 11) is 0. The normalized spacial score (nSPS) is 20.8. The fourth-order valence-electron chi connectivity index (χ4n) is 1.92. The van der Waals surface area contributed by atoms with Crippen molar-refractivity contribution in [1.29, 1.82) is 0 Å². The van der Waals surface area contributed by atoms with E-state index in [-0.39, 0.29) is 12.1 Å². The van der Waals surface area contributed by atoms with Crippen molar-refractivity contribution in [2.45, 2.75) is 32.4 Å². The van der Waals surface area contributed by atoms with Crippen LogP contribution in [0.4, 0.5) is 4.79 Å². The summed E-state index contributed by atoms with van der Waals surface area (Å²) in [6.07, 6.45) is 1.38. The van der Waals surface area contributed by atoms with Gasteiger partial charge in [0.25, 0.3) is 0 Å². The molecule has 1 atom stereocenters. The first-order valence-electron chi connectivity index (χ1n) is 6.20. The van der Waals surface area contributed by atoms with Crippen molar-refractivity contribution >= 4 is 6.09 Å². The van der Waals surface area contributed by atoms with Crippen molar-refractivity contribution in [3.63, 3.8) is 0 Å². The molecule has 0 radical (unpaired) electrons. The first-order chi connectivity index (χ1) is 8.46. The van der Waals surface area contributed by atoms with Crippen LogP contribution >= 0.6 is 0 Å². The van der Waals surface area contributed by atoms with Gasteiger partial charge in [-0.2, -0.15) is 0 Å². The molecular weight excluding hydrogens is 232 g/mol. The number of hydrogen-bond acceptors (Lipinski definition) is 4. The lowest BCUT2D eigenvalue weighted by Gasteiger charge is -2.34. The molecule has 1 aromatic heterocycles. The molecule has 0 spiro atoms. The van der Waals surface area contributed by atoms with E-state index in [1.807, 2.05) is 32.9 Å². The van der Waals surface area contributed by atoms with Crippen LogP contribution in [0.25, 0.3) is 0 Å². The van der Waals surface area contributed by atoms with E-state index in [0.29, 0.717) is 13.1 Å². The summed E-state index contributed by atoms with van der Waals surface area (Å²) in [5.41, 5.74) is -0.456. The van der Waals surface area contributed by atoms with Crippen molar-refractivity contribution < 1.29 is 13.9 Å². The van der Waals surface area contributed by atoms with E-state index in [0.717, 1.165) is 12.3 Å². The van der Waals surface area contributed by atoms with Crippen LogP contribution in [0.15, 0.2) is 22.8 Å². The molecule has 100 valence electrons. The number of amides is 1. The minimum Gasteiger partial charge on any atom is -0.468 e. The molecule has 1 aliphatic rings. The number of carbonyl (C=O) groups is 1. The SMILES string of the molecule is CC(C)(C)OC(=O)N1CCN[C@H](c2ccco2)C1. The molecule has 18 heavy (non-hydrogen) atoms. The fourth-order valence-corrected chi connectivity index (χ4v) is 1.92. The zero-order chi connectivity index (χ0) is 13.2. The van der Waals surface area contributed by atoms with Gasteiger partial charge in [0.1, 0.15) is 11.4 Å². The molecule has 0 saturated carbocycles. The zero-order valence-corrected chi connectivity index (χ0v) is 11.1. The second-order valence-electron chi connectivity index (χ2n) is 5.45. The van der Waals surface area contributed by atoms with Gasteiger partial charge in [-0.3, -0.25) is 0 Å². The molecular formula is C13H20N2O3. The molecule has 5 nitrogen and oxygen atoms in total. The Bertz CT molecular complexity index is 395. The third-order valence-electron chi connectivity index (χ3n) is 2.71. The van der Waals surface area contributed by atoms with Gasteiger partial charge in [-0.25, -0.2) is 4.79 Å². The second kappa shape index (κ2) is 5.02. The summed E-state index contributed by atoms with van der Waals surface area (Å²) in [5.74, 6) is 0.850. The highest BCUT2D eigenvalue weighted by Gasteiger charge is 2.28. The lowest BCUT2D eigenvalue weighted by molar-refractivity contribution is 0.0188. The molecule has 1 aromatic rings. The third kappa shape index (κ3) is 3.26. The fraction of sp³-hybridized carbons (Fsp3) is 0.615. The quantitative estimate of drug-likeness (QED) is 0.832. The number of nitrogens with zero attached hydrogens (tertiary/aromatic N) is 1. The number of nitrogens with one attached hydrogen (secondary N) is 1. The van der Waals surface area contributed by atoms with Gasteiger partial charge < -0.3 is 19.4 Å². The zero-order valence-electron chi connectivity index (χ0n) is 11.1. The summed E-state index contributed by atoms with van der Waals surface area (Å²) in [5, 5.41) is 3.33. The molecule has 1 N–H and O–H groups in total. The summed E-state index contributed by atoms with van der Waals surface area (Å²) in [4.78, 5) is 13.7. The Morgan fingerprint density at radius 1 is 1.56 bits per heavy atom. The minimum atomic E-state index is -0.456. The van der Waals surface area contributed by atoms with E-state index in [4.69, 9.17) is 9.15 Å². The molecule has 1 fully saturated rings. The van der Waals surface area contributed by atoms with Crippen molar-refractivity contribution in [3.05, 3.63) is 24.2 Å². The van der Waals surface area contributed by atoms with E-state index in [9.17, 15) is 4.79 Å². The summed E-state index contributed by atoms with van der Waals surface area (Å²) in [6, 6.07) is 3.81. The highest BCUT2D eigenvalue weighted by atomic mass is 16.6. The van der Waals surface area contributed by atoms with Gasteiger partial charge in [0.2, 0.25) is 0 Å². The Morgan fingerprint density at radius 3 is 2.94 bits per heavy atom. The van der Waals surface area contributed by atoms with Crippen LogP contribution < -0.4 is 5.32 Å². The lowest BCUT2D eigenvalue weighted by atomic mass is 10.1. The predicted molar refractivity (Wildman–Crippen MR) is 67.3 cm³/mol. The van der Waals surface area contributed by atoms with E-state index in [1.54, 1.807) is 11.2 Å². The van der Waals surface area contributed by atoms with Gasteiger partial charge in [0.15, 0.2) is 0 Å². The topological polar surface area (TPSA) is 54.7 Å². The Kier molecular flexibility index (Phi) is 3.61. The molecule has 1 amide bonds. The third-order valence-corrected chi connectivity index (χ3v) is 2.71. The van der Waals surface area contributed by atoms with Crippen molar-refractivity contribution in [3.8, 4) is 0 Å². The number of hydrogen-bond donors (Lipinski definition) is 1. The van der Waals surface area contributed by atoms with Crippen LogP contribution in [0.5, 0.6) is 0 Å². The lowest BCUT2D eigenvalue weighted by Crippen LogP contribution is -2.49. The van der Waals surface area contributed by atoms with Gasteiger partial charge in [-0.05, 0) is 32.9 Å². The number of furan rings is 1. The number of piperazine rings is 1. The number of carbonyl (C=O) groups excluding carboxylic acids is 1. The van der Waals surface area contributed by atoms with E-state index < -0.39 is 5.60 Å². The molecule has 1 saturated heterocycles. The molecule has 1 aliphatic heterocycles. The van der Waals surface area contributed by atoms with Gasteiger partial charge >= 0.3 is 6.09 Å². The van der Waals surface area contributed by atoms with Crippen molar-refractivity contribution in [2.24, 2.45) is 0 Å². The van der Waals surface area contributed by atoms with Crippen LogP contribution in [0.1, 0.15) is 32.6 Å². The summed E-state index contributed by atoms with van der Waals surface area (Å²) >= 11 is 0. The van der Waals surface area contributed by atoms with Crippen LogP contribution in [-0.2, 0) is 4.74 Å². The Hall–Kier alpha value is -1.49. The predicted octanol–water partition coefficient (Wildman–Crippen LogP) is 2.16. The maximum absolute atomic E-state index is 12.0. The Balaban J connectivity index is 1.96. The van der Waals surface area contributed by atoms with E-state index >= 15 is 0 Å². The smallest absolute Gasteiger partial charge is 0.410 e. The molecule has 0 aromatic carbocycles. The minimum absolute atomic E-state index is 0.0428. The van der Waals surface area contributed by atoms with Crippen LogP contribution in [-0.4, -0.2) is 36.2 Å². The van der Waals surface area contributed by atoms with Crippen LogP contribution in [0.2, 0.25) is 0 Å². The summed E-state index contributed by atoms with van der Waals surface area (Å²) < 4.78 is 10.7. The molecule has 2 rings (SSSR count). The maximum Gasteiger partial charge on any atom is 0.410 e. The Labute approximate surface area is 107 Å². The monoisotopic (exact) mass is 252 g/mol. The van der Waals surface area contributed by atoms with Crippen molar-refractivity contribution in [2.75, 3.05) is 19.6 Å².